The van der Waals surface area contributed by atoms with E-state index in [9.17, 15) is 14.5 Å². The predicted molar refractivity (Wildman–Crippen MR) is 84.6 cm³/mol. The molecule has 0 atom stereocenters. The maximum absolute atomic E-state index is 14.4. The van der Waals surface area contributed by atoms with E-state index in [4.69, 9.17) is 11.5 Å². The van der Waals surface area contributed by atoms with Crippen LogP contribution in [0.2, 0.25) is 0 Å². The SMILES string of the molecule is NC1=NC2(CCCCC2)N(c2cc([N+](=O)[O-])ccc2F)C(N)=N1. The second-order valence-electron chi connectivity index (χ2n) is 5.71. The molecule has 2 aliphatic rings. The summed E-state index contributed by atoms with van der Waals surface area (Å²) in [5, 5.41) is 11.0. The first-order valence-electron chi connectivity index (χ1n) is 7.37. The number of nitrogens with zero attached hydrogens (tertiary/aromatic N) is 4. The van der Waals surface area contributed by atoms with Gasteiger partial charge in [-0.05, 0) is 31.7 Å². The topological polar surface area (TPSA) is 123 Å². The van der Waals surface area contributed by atoms with Gasteiger partial charge in [-0.25, -0.2) is 9.38 Å². The van der Waals surface area contributed by atoms with E-state index >= 15 is 0 Å². The molecule has 0 amide bonds. The molecule has 4 N–H and O–H groups in total. The molecular weight excluding hydrogens is 303 g/mol. The van der Waals surface area contributed by atoms with Crippen molar-refractivity contribution in [2.75, 3.05) is 4.90 Å². The molecule has 1 aromatic rings. The summed E-state index contributed by atoms with van der Waals surface area (Å²) in [5.41, 5.74) is 10.7. The maximum atomic E-state index is 14.4. The Kier molecular flexibility index (Phi) is 3.63. The summed E-state index contributed by atoms with van der Waals surface area (Å²) in [6.45, 7) is 0. The van der Waals surface area contributed by atoms with Crippen LogP contribution in [0.4, 0.5) is 15.8 Å². The fourth-order valence-electron chi connectivity index (χ4n) is 3.26. The zero-order valence-electron chi connectivity index (χ0n) is 12.4. The lowest BCUT2D eigenvalue weighted by atomic mass is 9.87. The Morgan fingerprint density at radius 2 is 1.96 bits per heavy atom. The number of halogens is 1. The average Bonchev–Trinajstić information content (AvgIpc) is 2.48. The summed E-state index contributed by atoms with van der Waals surface area (Å²) < 4.78 is 14.4. The third-order valence-electron chi connectivity index (χ3n) is 4.23. The highest BCUT2D eigenvalue weighted by atomic mass is 19.1. The van der Waals surface area contributed by atoms with Crippen molar-refractivity contribution in [2.45, 2.75) is 37.8 Å². The van der Waals surface area contributed by atoms with Crippen LogP contribution in [-0.4, -0.2) is 22.5 Å². The van der Waals surface area contributed by atoms with Crippen LogP contribution < -0.4 is 16.4 Å². The zero-order chi connectivity index (χ0) is 16.6. The molecule has 8 nitrogen and oxygen atoms in total. The van der Waals surface area contributed by atoms with Gasteiger partial charge in [0, 0.05) is 12.1 Å². The van der Waals surface area contributed by atoms with E-state index in [-0.39, 0.29) is 23.3 Å². The van der Waals surface area contributed by atoms with Crippen LogP contribution in [0.5, 0.6) is 0 Å². The summed E-state index contributed by atoms with van der Waals surface area (Å²) >= 11 is 0. The van der Waals surface area contributed by atoms with Gasteiger partial charge in [-0.1, -0.05) is 6.42 Å². The largest absolute Gasteiger partial charge is 0.369 e. The quantitative estimate of drug-likeness (QED) is 0.635. The predicted octanol–water partition coefficient (Wildman–Crippen LogP) is 1.84. The van der Waals surface area contributed by atoms with E-state index in [0.717, 1.165) is 37.5 Å². The van der Waals surface area contributed by atoms with Gasteiger partial charge in [0.05, 0.1) is 10.6 Å². The van der Waals surface area contributed by atoms with Crippen molar-refractivity contribution >= 4 is 23.3 Å². The summed E-state index contributed by atoms with van der Waals surface area (Å²) in [4.78, 5) is 20.2. The average molecular weight is 320 g/mol. The Balaban J connectivity index is 2.14. The molecule has 1 aliphatic heterocycles. The van der Waals surface area contributed by atoms with Crippen molar-refractivity contribution in [1.82, 2.24) is 0 Å². The number of rotatable bonds is 2. The lowest BCUT2D eigenvalue weighted by Gasteiger charge is -2.45. The Morgan fingerprint density at radius 3 is 2.61 bits per heavy atom. The molecule has 3 rings (SSSR count). The number of guanidine groups is 2. The lowest BCUT2D eigenvalue weighted by Crippen LogP contribution is -2.58. The molecule has 23 heavy (non-hydrogen) atoms. The molecule has 9 heteroatoms. The van der Waals surface area contributed by atoms with Crippen LogP contribution in [0.15, 0.2) is 28.2 Å². The van der Waals surface area contributed by atoms with Gasteiger partial charge in [0.15, 0.2) is 0 Å². The molecular formula is C14H17FN6O2. The van der Waals surface area contributed by atoms with Crippen LogP contribution in [0.3, 0.4) is 0 Å². The number of hydrogen-bond donors (Lipinski definition) is 2. The molecule has 1 aromatic carbocycles. The van der Waals surface area contributed by atoms with E-state index in [2.05, 4.69) is 9.98 Å². The van der Waals surface area contributed by atoms with Gasteiger partial charge >= 0.3 is 0 Å². The normalized spacial score (nSPS) is 20.1. The number of anilines is 1. The van der Waals surface area contributed by atoms with E-state index in [0.29, 0.717) is 12.8 Å². The minimum Gasteiger partial charge on any atom is -0.369 e. The summed E-state index contributed by atoms with van der Waals surface area (Å²) in [5.74, 6) is -0.570. The Hall–Kier alpha value is -2.71. The fourth-order valence-corrected chi connectivity index (χ4v) is 3.26. The monoisotopic (exact) mass is 320 g/mol. The number of nitro benzene ring substituents is 1. The highest BCUT2D eigenvalue weighted by molar-refractivity contribution is 6.05. The van der Waals surface area contributed by atoms with E-state index in [1.165, 1.54) is 4.90 Å². The molecule has 1 heterocycles. The van der Waals surface area contributed by atoms with Gasteiger partial charge < -0.3 is 11.5 Å². The second kappa shape index (κ2) is 5.49. The third kappa shape index (κ3) is 2.58. The van der Waals surface area contributed by atoms with E-state index in [1.54, 1.807) is 0 Å². The second-order valence-corrected chi connectivity index (χ2v) is 5.71. The standard InChI is InChI=1S/C14H17FN6O2/c15-10-5-4-9(21(22)23)8-11(10)20-13(17)18-12(16)19-14(20)6-2-1-3-7-14/h4-5,8H,1-3,6-7H2,(H4,16,17,18,19). The molecule has 0 aromatic heterocycles. The van der Waals surface area contributed by atoms with Crippen molar-refractivity contribution in [3.8, 4) is 0 Å². The molecule has 0 bridgehead atoms. The number of non-ortho nitro benzene ring substituents is 1. The maximum Gasteiger partial charge on any atom is 0.271 e. The number of benzene rings is 1. The molecule has 1 fully saturated rings. The number of nitrogens with two attached hydrogens (primary N) is 2. The smallest absolute Gasteiger partial charge is 0.271 e. The minimum atomic E-state index is -0.829. The van der Waals surface area contributed by atoms with Gasteiger partial charge in [-0.3, -0.25) is 15.0 Å². The van der Waals surface area contributed by atoms with Crippen molar-refractivity contribution in [1.29, 1.82) is 0 Å². The summed E-state index contributed by atoms with van der Waals surface area (Å²) in [7, 11) is 0. The first-order valence-corrected chi connectivity index (χ1v) is 7.37. The first kappa shape index (κ1) is 15.2. The number of hydrogen-bond acceptors (Lipinski definition) is 7. The van der Waals surface area contributed by atoms with Crippen LogP contribution in [0.25, 0.3) is 0 Å². The highest BCUT2D eigenvalue weighted by Crippen LogP contribution is 2.41. The van der Waals surface area contributed by atoms with Crippen LogP contribution in [0.1, 0.15) is 32.1 Å². The molecule has 1 saturated carbocycles. The minimum absolute atomic E-state index is 0.00111. The highest BCUT2D eigenvalue weighted by Gasteiger charge is 2.43. The fraction of sp³-hybridized carbons (Fsp3) is 0.429. The van der Waals surface area contributed by atoms with Gasteiger partial charge in [0.25, 0.3) is 5.69 Å². The van der Waals surface area contributed by atoms with Crippen molar-refractivity contribution in [2.24, 2.45) is 21.5 Å². The molecule has 1 spiro atoms. The lowest BCUT2D eigenvalue weighted by molar-refractivity contribution is -0.384. The van der Waals surface area contributed by atoms with E-state index in [1.807, 2.05) is 0 Å². The number of aliphatic imine (C=N–C) groups is 2. The summed E-state index contributed by atoms with van der Waals surface area (Å²) in [6.07, 6.45) is 4.08. The van der Waals surface area contributed by atoms with Crippen molar-refractivity contribution in [3.63, 3.8) is 0 Å². The summed E-state index contributed by atoms with van der Waals surface area (Å²) in [6, 6.07) is 3.32. The third-order valence-corrected chi connectivity index (χ3v) is 4.23. The molecule has 0 unspecified atom stereocenters. The van der Waals surface area contributed by atoms with Gasteiger partial charge in [0.2, 0.25) is 11.9 Å². The van der Waals surface area contributed by atoms with Crippen molar-refractivity contribution < 1.29 is 9.31 Å². The molecule has 0 saturated heterocycles. The molecule has 122 valence electrons. The Labute approximate surface area is 131 Å². The molecule has 1 aliphatic carbocycles. The first-order chi connectivity index (χ1) is 10.9. The zero-order valence-corrected chi connectivity index (χ0v) is 12.4. The van der Waals surface area contributed by atoms with Crippen molar-refractivity contribution in [3.05, 3.63) is 34.1 Å². The Bertz CT molecular complexity index is 711. The van der Waals surface area contributed by atoms with Crippen LogP contribution >= 0.6 is 0 Å². The van der Waals surface area contributed by atoms with Crippen LogP contribution in [-0.2, 0) is 0 Å². The molecule has 0 radical (unpaired) electrons. The Morgan fingerprint density at radius 1 is 1.26 bits per heavy atom. The van der Waals surface area contributed by atoms with Crippen LogP contribution in [0, 0.1) is 15.9 Å². The van der Waals surface area contributed by atoms with E-state index < -0.39 is 16.4 Å². The number of nitro groups is 1. The van der Waals surface area contributed by atoms with Gasteiger partial charge in [-0.15, -0.1) is 0 Å². The van der Waals surface area contributed by atoms with Gasteiger partial charge in [0.1, 0.15) is 11.5 Å². The van der Waals surface area contributed by atoms with Gasteiger partial charge in [-0.2, -0.15) is 4.99 Å².